The fraction of sp³-hybridized carbons (Fsp3) is 1.00. The molecule has 2 nitrogen and oxygen atoms in total. The van der Waals surface area contributed by atoms with E-state index in [1.54, 1.807) is 0 Å². The highest BCUT2D eigenvalue weighted by Crippen LogP contribution is 2.32. The number of hydrogen-bond acceptors (Lipinski definition) is 2. The third kappa shape index (κ3) is 4.73. The zero-order chi connectivity index (χ0) is 15.1. The Bertz CT molecular complexity index is 248. The molecule has 3 atom stereocenters. The Kier molecular flexibility index (Phi) is 8.13. The van der Waals surface area contributed by atoms with Crippen molar-refractivity contribution in [3.63, 3.8) is 0 Å². The molecule has 1 N–H and O–H groups in total. The minimum atomic E-state index is 0.692. The predicted octanol–water partition coefficient (Wildman–Crippen LogP) is 4.30. The summed E-state index contributed by atoms with van der Waals surface area (Å²) in [5, 5.41) is 3.61. The first-order valence-electron chi connectivity index (χ1n) is 9.00. The van der Waals surface area contributed by atoms with Gasteiger partial charge in [0.1, 0.15) is 0 Å². The lowest BCUT2D eigenvalue weighted by Gasteiger charge is -2.46. The van der Waals surface area contributed by atoms with Crippen LogP contribution in [0.3, 0.4) is 0 Å². The van der Waals surface area contributed by atoms with Crippen LogP contribution < -0.4 is 5.32 Å². The lowest BCUT2D eigenvalue weighted by Crippen LogP contribution is -2.56. The lowest BCUT2D eigenvalue weighted by molar-refractivity contribution is 0.0473. The van der Waals surface area contributed by atoms with Crippen LogP contribution in [0.1, 0.15) is 73.1 Å². The Morgan fingerprint density at radius 2 is 1.75 bits per heavy atom. The van der Waals surface area contributed by atoms with Crippen molar-refractivity contribution in [2.24, 2.45) is 11.8 Å². The molecule has 1 aliphatic rings. The van der Waals surface area contributed by atoms with Gasteiger partial charge in [-0.05, 0) is 51.0 Å². The van der Waals surface area contributed by atoms with Crippen LogP contribution in [0, 0.1) is 11.8 Å². The summed E-state index contributed by atoms with van der Waals surface area (Å²) in [5.74, 6) is 1.70. The molecule has 1 aliphatic carbocycles. The van der Waals surface area contributed by atoms with Gasteiger partial charge in [0.25, 0.3) is 0 Å². The molecular weight excluding hydrogens is 244 g/mol. The Morgan fingerprint density at radius 1 is 1.10 bits per heavy atom. The molecule has 0 amide bonds. The van der Waals surface area contributed by atoms with Gasteiger partial charge < -0.3 is 5.32 Å². The first kappa shape index (κ1) is 18.0. The third-order valence-corrected chi connectivity index (χ3v) is 5.29. The van der Waals surface area contributed by atoms with Crippen molar-refractivity contribution >= 4 is 0 Å². The molecule has 0 bridgehead atoms. The number of hydrogen-bond donors (Lipinski definition) is 1. The van der Waals surface area contributed by atoms with Crippen molar-refractivity contribution < 1.29 is 0 Å². The second-order valence-electron chi connectivity index (χ2n) is 7.11. The SMILES string of the molecule is CCC1CCC(NC)C(N(CC(C)C)C(CC)CC)C1. The van der Waals surface area contributed by atoms with Crippen molar-refractivity contribution in [3.05, 3.63) is 0 Å². The molecule has 0 aliphatic heterocycles. The topological polar surface area (TPSA) is 15.3 Å². The van der Waals surface area contributed by atoms with Crippen LogP contribution in [-0.4, -0.2) is 36.6 Å². The Balaban J connectivity index is 2.88. The normalized spacial score (nSPS) is 27.8. The molecule has 0 radical (unpaired) electrons. The molecule has 20 heavy (non-hydrogen) atoms. The van der Waals surface area contributed by atoms with Gasteiger partial charge in [0.15, 0.2) is 0 Å². The van der Waals surface area contributed by atoms with Crippen molar-refractivity contribution in [2.45, 2.75) is 91.3 Å². The first-order chi connectivity index (χ1) is 9.57. The number of likely N-dealkylation sites (N-methyl/N-ethyl adjacent to an activating group) is 1. The molecule has 120 valence electrons. The highest BCUT2D eigenvalue weighted by molar-refractivity contribution is 4.92. The summed E-state index contributed by atoms with van der Waals surface area (Å²) in [6, 6.07) is 2.19. The number of nitrogens with zero attached hydrogens (tertiary/aromatic N) is 1. The molecule has 0 aromatic heterocycles. The van der Waals surface area contributed by atoms with E-state index in [4.69, 9.17) is 0 Å². The molecule has 3 unspecified atom stereocenters. The van der Waals surface area contributed by atoms with Gasteiger partial charge in [0.05, 0.1) is 0 Å². The number of nitrogens with one attached hydrogen (secondary N) is 1. The molecule has 2 heteroatoms. The maximum atomic E-state index is 3.61. The Hall–Kier alpha value is -0.0800. The van der Waals surface area contributed by atoms with E-state index in [2.05, 4.69) is 51.9 Å². The quantitative estimate of drug-likeness (QED) is 0.714. The molecule has 0 aromatic carbocycles. The predicted molar refractivity (Wildman–Crippen MR) is 90.2 cm³/mol. The van der Waals surface area contributed by atoms with E-state index < -0.39 is 0 Å². The lowest BCUT2D eigenvalue weighted by atomic mass is 9.79. The van der Waals surface area contributed by atoms with Gasteiger partial charge >= 0.3 is 0 Å². The molecule has 0 aromatic rings. The summed E-state index contributed by atoms with van der Waals surface area (Å²) in [6.45, 7) is 13.1. The largest absolute Gasteiger partial charge is 0.315 e. The van der Waals surface area contributed by atoms with Gasteiger partial charge in [-0.2, -0.15) is 0 Å². The standard InChI is InChI=1S/C18H38N2/c1-7-15-10-11-17(19-6)18(12-15)20(13-14(4)5)16(8-2)9-3/h14-19H,7-13H2,1-6H3. The van der Waals surface area contributed by atoms with E-state index >= 15 is 0 Å². The van der Waals surface area contributed by atoms with Gasteiger partial charge in [0.2, 0.25) is 0 Å². The van der Waals surface area contributed by atoms with Crippen LogP contribution >= 0.6 is 0 Å². The molecule has 1 fully saturated rings. The van der Waals surface area contributed by atoms with E-state index in [1.807, 2.05) is 0 Å². The molecule has 1 rings (SSSR count). The van der Waals surface area contributed by atoms with Gasteiger partial charge in [-0.15, -0.1) is 0 Å². The smallest absolute Gasteiger partial charge is 0.0254 e. The monoisotopic (exact) mass is 282 g/mol. The third-order valence-electron chi connectivity index (χ3n) is 5.29. The van der Waals surface area contributed by atoms with Crippen molar-refractivity contribution in [1.82, 2.24) is 10.2 Å². The molecular formula is C18H38N2. The van der Waals surface area contributed by atoms with Crippen LogP contribution in [0.25, 0.3) is 0 Å². The van der Waals surface area contributed by atoms with Gasteiger partial charge in [0, 0.05) is 24.7 Å². The van der Waals surface area contributed by atoms with Crippen molar-refractivity contribution in [1.29, 1.82) is 0 Å². The maximum Gasteiger partial charge on any atom is 0.0254 e. The minimum absolute atomic E-state index is 0.692. The fourth-order valence-corrected chi connectivity index (χ4v) is 4.04. The van der Waals surface area contributed by atoms with Crippen LogP contribution in [0.4, 0.5) is 0 Å². The second-order valence-corrected chi connectivity index (χ2v) is 7.11. The highest BCUT2D eigenvalue weighted by Gasteiger charge is 2.35. The van der Waals surface area contributed by atoms with E-state index in [0.717, 1.165) is 23.9 Å². The van der Waals surface area contributed by atoms with Crippen molar-refractivity contribution in [3.8, 4) is 0 Å². The van der Waals surface area contributed by atoms with E-state index in [-0.39, 0.29) is 0 Å². The van der Waals surface area contributed by atoms with Crippen LogP contribution in [0.2, 0.25) is 0 Å². The maximum absolute atomic E-state index is 3.61. The van der Waals surface area contributed by atoms with Crippen LogP contribution in [0.5, 0.6) is 0 Å². The Labute approximate surface area is 127 Å². The molecule has 0 saturated heterocycles. The van der Waals surface area contributed by atoms with Gasteiger partial charge in [-0.1, -0.05) is 41.0 Å². The Morgan fingerprint density at radius 3 is 2.20 bits per heavy atom. The highest BCUT2D eigenvalue weighted by atomic mass is 15.2. The zero-order valence-corrected chi connectivity index (χ0v) is 14.8. The summed E-state index contributed by atoms with van der Waals surface area (Å²) in [6.07, 6.45) is 8.09. The summed E-state index contributed by atoms with van der Waals surface area (Å²) < 4.78 is 0. The summed E-state index contributed by atoms with van der Waals surface area (Å²) in [7, 11) is 2.16. The average molecular weight is 283 g/mol. The average Bonchev–Trinajstić information content (AvgIpc) is 2.46. The zero-order valence-electron chi connectivity index (χ0n) is 14.8. The minimum Gasteiger partial charge on any atom is -0.315 e. The van der Waals surface area contributed by atoms with Crippen molar-refractivity contribution in [2.75, 3.05) is 13.6 Å². The fourth-order valence-electron chi connectivity index (χ4n) is 4.04. The van der Waals surface area contributed by atoms with E-state index in [9.17, 15) is 0 Å². The number of rotatable bonds is 8. The first-order valence-corrected chi connectivity index (χ1v) is 9.00. The summed E-state index contributed by atoms with van der Waals surface area (Å²) in [4.78, 5) is 2.85. The van der Waals surface area contributed by atoms with Gasteiger partial charge in [-0.25, -0.2) is 0 Å². The molecule has 1 saturated carbocycles. The molecule has 0 spiro atoms. The second kappa shape index (κ2) is 9.04. The van der Waals surface area contributed by atoms with Crippen LogP contribution in [-0.2, 0) is 0 Å². The van der Waals surface area contributed by atoms with Crippen LogP contribution in [0.15, 0.2) is 0 Å². The van der Waals surface area contributed by atoms with E-state index in [0.29, 0.717) is 6.04 Å². The summed E-state index contributed by atoms with van der Waals surface area (Å²) in [5.41, 5.74) is 0. The summed E-state index contributed by atoms with van der Waals surface area (Å²) >= 11 is 0. The van der Waals surface area contributed by atoms with E-state index in [1.165, 1.54) is 45.1 Å². The van der Waals surface area contributed by atoms with Gasteiger partial charge in [-0.3, -0.25) is 4.90 Å². The molecule has 0 heterocycles.